The van der Waals surface area contributed by atoms with Gasteiger partial charge < -0.3 is 10.2 Å². The molecule has 2 aliphatic rings. The van der Waals surface area contributed by atoms with Gasteiger partial charge in [0.05, 0.1) is 11.8 Å². The Bertz CT molecular complexity index is 287. The first kappa shape index (κ1) is 12.7. The largest absolute Gasteiger partial charge is 0.393 e. The van der Waals surface area contributed by atoms with Gasteiger partial charge in [-0.2, -0.15) is 13.2 Å². The first-order valence-corrected chi connectivity index (χ1v) is 6.04. The molecule has 0 spiro atoms. The fourth-order valence-corrected chi connectivity index (χ4v) is 2.55. The highest BCUT2D eigenvalue weighted by molar-refractivity contribution is 5.79. The van der Waals surface area contributed by atoms with Gasteiger partial charge in [-0.25, -0.2) is 0 Å². The van der Waals surface area contributed by atoms with Crippen LogP contribution in [0.3, 0.4) is 0 Å². The minimum absolute atomic E-state index is 0.0510. The van der Waals surface area contributed by atoms with Crippen LogP contribution in [0.1, 0.15) is 19.3 Å². The molecule has 2 saturated heterocycles. The molecule has 2 fully saturated rings. The Labute approximate surface area is 98.3 Å². The summed E-state index contributed by atoms with van der Waals surface area (Å²) < 4.78 is 37.5. The molecule has 2 heterocycles. The molecule has 1 amide bonds. The third-order valence-electron chi connectivity index (χ3n) is 3.61. The van der Waals surface area contributed by atoms with Crippen LogP contribution in [0.5, 0.6) is 0 Å². The maximum Gasteiger partial charge on any atom is 0.393 e. The van der Waals surface area contributed by atoms with E-state index in [9.17, 15) is 18.0 Å². The van der Waals surface area contributed by atoms with Crippen molar-refractivity contribution in [3.63, 3.8) is 0 Å². The molecule has 17 heavy (non-hydrogen) atoms. The first-order valence-electron chi connectivity index (χ1n) is 6.04. The molecule has 6 heteroatoms. The highest BCUT2D eigenvalue weighted by Crippen LogP contribution is 2.34. The van der Waals surface area contributed by atoms with Crippen molar-refractivity contribution in [2.24, 2.45) is 11.8 Å². The van der Waals surface area contributed by atoms with Gasteiger partial charge in [-0.15, -0.1) is 0 Å². The molecule has 2 atom stereocenters. The summed E-state index contributed by atoms with van der Waals surface area (Å²) in [7, 11) is 0. The molecule has 0 unspecified atom stereocenters. The van der Waals surface area contributed by atoms with Crippen molar-refractivity contribution in [1.29, 1.82) is 0 Å². The number of piperidine rings is 1. The smallest absolute Gasteiger partial charge is 0.342 e. The number of nitrogens with one attached hydrogen (secondary N) is 1. The van der Waals surface area contributed by atoms with E-state index in [-0.39, 0.29) is 31.3 Å². The second-order valence-electron chi connectivity index (χ2n) is 4.85. The first-order chi connectivity index (χ1) is 7.98. The molecule has 0 aromatic heterocycles. The van der Waals surface area contributed by atoms with E-state index in [2.05, 4.69) is 5.32 Å². The lowest BCUT2D eigenvalue weighted by atomic mass is 9.98. The fourth-order valence-electron chi connectivity index (χ4n) is 2.55. The zero-order valence-corrected chi connectivity index (χ0v) is 9.59. The summed E-state index contributed by atoms with van der Waals surface area (Å²) in [6.07, 6.45) is -2.40. The van der Waals surface area contributed by atoms with Gasteiger partial charge in [0, 0.05) is 19.6 Å². The van der Waals surface area contributed by atoms with Crippen molar-refractivity contribution in [1.82, 2.24) is 10.2 Å². The number of halogens is 3. The van der Waals surface area contributed by atoms with E-state index in [1.165, 1.54) is 4.90 Å². The zero-order valence-electron chi connectivity index (χ0n) is 9.59. The predicted molar refractivity (Wildman–Crippen MR) is 56.3 cm³/mol. The minimum atomic E-state index is -4.17. The maximum atomic E-state index is 12.5. The fraction of sp³-hybridized carbons (Fsp3) is 0.909. The topological polar surface area (TPSA) is 32.3 Å². The van der Waals surface area contributed by atoms with E-state index in [0.29, 0.717) is 6.54 Å². The van der Waals surface area contributed by atoms with Gasteiger partial charge in [-0.05, 0) is 25.8 Å². The summed E-state index contributed by atoms with van der Waals surface area (Å²) in [4.78, 5) is 13.4. The molecular weight excluding hydrogens is 233 g/mol. The monoisotopic (exact) mass is 250 g/mol. The van der Waals surface area contributed by atoms with Crippen LogP contribution >= 0.6 is 0 Å². The van der Waals surface area contributed by atoms with Crippen LogP contribution in [-0.2, 0) is 4.79 Å². The summed E-state index contributed by atoms with van der Waals surface area (Å²) in [5.74, 6) is -1.57. The van der Waals surface area contributed by atoms with E-state index in [0.717, 1.165) is 19.4 Å². The van der Waals surface area contributed by atoms with Gasteiger partial charge in [0.2, 0.25) is 5.91 Å². The van der Waals surface area contributed by atoms with E-state index in [1.54, 1.807) is 0 Å². The zero-order chi connectivity index (χ0) is 12.5. The van der Waals surface area contributed by atoms with Crippen molar-refractivity contribution in [2.45, 2.75) is 25.4 Å². The van der Waals surface area contributed by atoms with Crippen LogP contribution < -0.4 is 5.32 Å². The maximum absolute atomic E-state index is 12.5. The van der Waals surface area contributed by atoms with Gasteiger partial charge in [0.15, 0.2) is 0 Å². The second kappa shape index (κ2) is 4.84. The highest BCUT2D eigenvalue weighted by atomic mass is 19.4. The average molecular weight is 250 g/mol. The third kappa shape index (κ3) is 2.91. The molecule has 0 saturated carbocycles. The molecule has 1 N–H and O–H groups in total. The Morgan fingerprint density at radius 2 is 2.06 bits per heavy atom. The van der Waals surface area contributed by atoms with Gasteiger partial charge in [-0.1, -0.05) is 0 Å². The second-order valence-corrected chi connectivity index (χ2v) is 4.85. The van der Waals surface area contributed by atoms with Crippen LogP contribution in [0.4, 0.5) is 13.2 Å². The number of hydrogen-bond acceptors (Lipinski definition) is 2. The lowest BCUT2D eigenvalue weighted by molar-refractivity contribution is -0.171. The molecule has 2 aliphatic heterocycles. The normalized spacial score (nSPS) is 30.6. The Morgan fingerprint density at radius 1 is 1.29 bits per heavy atom. The molecule has 3 nitrogen and oxygen atoms in total. The quantitative estimate of drug-likeness (QED) is 0.763. The minimum Gasteiger partial charge on any atom is -0.342 e. The summed E-state index contributed by atoms with van der Waals surface area (Å²) in [5, 5.41) is 3.11. The van der Waals surface area contributed by atoms with Crippen LogP contribution in [0.25, 0.3) is 0 Å². The van der Waals surface area contributed by atoms with Crippen LogP contribution in [0.15, 0.2) is 0 Å². The van der Waals surface area contributed by atoms with Gasteiger partial charge in [0.25, 0.3) is 0 Å². The van der Waals surface area contributed by atoms with Crippen molar-refractivity contribution in [3.8, 4) is 0 Å². The molecule has 0 aliphatic carbocycles. The molecule has 0 aromatic carbocycles. The third-order valence-corrected chi connectivity index (χ3v) is 3.61. The SMILES string of the molecule is O=C([C@H]1CCCNC1)N1CC[C@@H](C(F)(F)F)C1. The number of hydrogen-bond donors (Lipinski definition) is 1. The van der Waals surface area contributed by atoms with Crippen LogP contribution in [0.2, 0.25) is 0 Å². The molecule has 0 radical (unpaired) electrons. The highest BCUT2D eigenvalue weighted by Gasteiger charge is 2.45. The van der Waals surface area contributed by atoms with Crippen molar-refractivity contribution >= 4 is 5.91 Å². The van der Waals surface area contributed by atoms with E-state index >= 15 is 0 Å². The Kier molecular flexibility index (Phi) is 3.61. The van der Waals surface area contributed by atoms with Gasteiger partial charge in [0.1, 0.15) is 0 Å². The summed E-state index contributed by atoms with van der Waals surface area (Å²) in [6.45, 7) is 1.60. The Balaban J connectivity index is 1.89. The average Bonchev–Trinajstić information content (AvgIpc) is 2.78. The summed E-state index contributed by atoms with van der Waals surface area (Å²) in [6, 6.07) is 0. The number of rotatable bonds is 1. The van der Waals surface area contributed by atoms with E-state index < -0.39 is 12.1 Å². The molecular formula is C11H17F3N2O. The lowest BCUT2D eigenvalue weighted by Gasteiger charge is -2.27. The van der Waals surface area contributed by atoms with Crippen LogP contribution in [0, 0.1) is 11.8 Å². The molecule has 0 bridgehead atoms. The van der Waals surface area contributed by atoms with Gasteiger partial charge in [-0.3, -0.25) is 4.79 Å². The van der Waals surface area contributed by atoms with E-state index in [1.807, 2.05) is 0 Å². The predicted octanol–water partition coefficient (Wildman–Crippen LogP) is 1.40. The summed E-state index contributed by atoms with van der Waals surface area (Å²) in [5.41, 5.74) is 0. The molecule has 2 rings (SSSR count). The number of carbonyl (C=O) groups excluding carboxylic acids is 1. The number of alkyl halides is 3. The number of carbonyl (C=O) groups is 1. The van der Waals surface area contributed by atoms with Crippen LogP contribution in [-0.4, -0.2) is 43.2 Å². The summed E-state index contributed by atoms with van der Waals surface area (Å²) >= 11 is 0. The van der Waals surface area contributed by atoms with E-state index in [4.69, 9.17) is 0 Å². The number of amides is 1. The standard InChI is InChI=1S/C11H17F3N2O/c12-11(13,14)9-3-5-16(7-9)10(17)8-2-1-4-15-6-8/h8-9,15H,1-7H2/t8-,9+/m0/s1. The lowest BCUT2D eigenvalue weighted by Crippen LogP contribution is -2.42. The van der Waals surface area contributed by atoms with Gasteiger partial charge >= 0.3 is 6.18 Å². The number of likely N-dealkylation sites (tertiary alicyclic amines) is 1. The molecule has 98 valence electrons. The van der Waals surface area contributed by atoms with Crippen molar-refractivity contribution in [2.75, 3.05) is 26.2 Å². The van der Waals surface area contributed by atoms with Crippen molar-refractivity contribution < 1.29 is 18.0 Å². The van der Waals surface area contributed by atoms with Crippen molar-refractivity contribution in [3.05, 3.63) is 0 Å². The Hall–Kier alpha value is -0.780. The number of nitrogens with zero attached hydrogens (tertiary/aromatic N) is 1. The molecule has 0 aromatic rings. The Morgan fingerprint density at radius 3 is 2.59 bits per heavy atom.